The van der Waals surface area contributed by atoms with Crippen molar-refractivity contribution in [2.75, 3.05) is 21.3 Å². The Morgan fingerprint density at radius 1 is 0.540 bits per heavy atom. The Balaban J connectivity index is 0.000000195. The Hall–Kier alpha value is -7.08. The SMILES string of the molecule is COC(=O)Cc1c(C)n(C(=O)c2ccc(Cl)cc2)c2cc([S+]3c4ccccc4Sc4ccccc43)c(OC)cc12.COC(=O)Cc1c(C)n(C(=O)c2ccc(Cl)cc2)c2ccc(C)cc12.FB(F)F.O=S1c2ccccc2Sc2ccccc21.S=S.[F-]. The second kappa shape index (κ2) is 30.7. The van der Waals surface area contributed by atoms with Crippen LogP contribution >= 0.6 is 46.7 Å². The Kier molecular flexibility index (Phi) is 23.8. The molecule has 0 aliphatic carbocycles. The van der Waals surface area contributed by atoms with E-state index in [0.29, 0.717) is 38.1 Å². The number of aryl methyl sites for hydroxylation is 1. The van der Waals surface area contributed by atoms with E-state index in [1.54, 1.807) is 88.3 Å². The summed E-state index contributed by atoms with van der Waals surface area (Å²) < 4.78 is 60.4. The molecule has 446 valence electrons. The van der Waals surface area contributed by atoms with Crippen LogP contribution in [0, 0.1) is 20.8 Å². The quantitative estimate of drug-likeness (QED) is 0.0623. The number of hydrogen-bond donors (Lipinski definition) is 0. The number of nitrogens with zero attached hydrogens (tertiary/aromatic N) is 2. The van der Waals surface area contributed by atoms with E-state index in [0.717, 1.165) is 63.2 Å². The standard InChI is InChI=1S/C32H25ClNO4S2.C20H18ClNO3.C12H8OS2.BF3.FH.S2/c1-19-22(17-31(35)38-3)23-16-25(37-2)30(18-24(23)34(19)32(36)20-12-14-21(33)15-13-20)40-28-10-6-4-8-26(28)39-27-9-5-7-11-29(27)40;1-12-4-9-18-17(10-12)16(11-19(23)25-3)13(2)22(18)20(24)14-5-7-15(21)8-6-14;13-15-11-7-3-1-5-9(11)14-10-6-2-4-8-12(10)15;2-1(3)4;;1-2/h4-16,18H,17H2,1-3H3;4-10H,11H2,1-3H3;1-8H;;1H;/q+1;;;;;/p-1. The van der Waals surface area contributed by atoms with Crippen LogP contribution in [-0.2, 0) is 76.0 Å². The molecule has 10 aromatic rings. The Morgan fingerprint density at radius 3 is 1.37 bits per heavy atom. The maximum atomic E-state index is 14.0. The Bertz CT molecular complexity index is 4120. The van der Waals surface area contributed by atoms with Crippen molar-refractivity contribution in [3.05, 3.63) is 225 Å². The summed E-state index contributed by atoms with van der Waals surface area (Å²) in [4.78, 5) is 61.1. The van der Waals surface area contributed by atoms with E-state index in [1.807, 2.05) is 93.6 Å². The van der Waals surface area contributed by atoms with Crippen LogP contribution in [0.3, 0.4) is 0 Å². The molecule has 0 saturated carbocycles. The zero-order chi connectivity index (χ0) is 61.9. The summed E-state index contributed by atoms with van der Waals surface area (Å²) in [6.07, 6.45) is 0.166. The highest BCUT2D eigenvalue weighted by Crippen LogP contribution is 2.51. The molecule has 0 bridgehead atoms. The van der Waals surface area contributed by atoms with Gasteiger partial charge < -0.3 is 18.9 Å². The normalized spacial score (nSPS) is 11.8. The topological polar surface area (TPSA) is 123 Å². The molecule has 0 saturated heterocycles. The highest BCUT2D eigenvalue weighted by Gasteiger charge is 2.41. The third-order valence-electron chi connectivity index (χ3n) is 13.7. The van der Waals surface area contributed by atoms with Crippen molar-refractivity contribution < 1.29 is 55.2 Å². The minimum absolute atomic E-state index is 0. The number of methoxy groups -OCH3 is 3. The summed E-state index contributed by atoms with van der Waals surface area (Å²) in [6, 6.07) is 56.1. The number of halogens is 6. The lowest BCUT2D eigenvalue weighted by Gasteiger charge is -2.20. The summed E-state index contributed by atoms with van der Waals surface area (Å²) in [7, 11) is -0.773. The lowest BCUT2D eigenvalue weighted by atomic mass is 10.1. The van der Waals surface area contributed by atoms with Crippen LogP contribution < -0.4 is 9.44 Å². The van der Waals surface area contributed by atoms with Crippen molar-refractivity contribution in [2.45, 2.75) is 77.7 Å². The van der Waals surface area contributed by atoms with Gasteiger partial charge in [-0.25, -0.2) is 4.21 Å². The van der Waals surface area contributed by atoms with Gasteiger partial charge in [0.1, 0.15) is 10.9 Å². The molecule has 2 aliphatic rings. The van der Waals surface area contributed by atoms with Gasteiger partial charge in [-0.05, 0) is 147 Å². The third kappa shape index (κ3) is 15.1. The molecular weight excluding hydrogens is 1270 g/mol. The zero-order valence-electron chi connectivity index (χ0n) is 47.1. The first-order chi connectivity index (χ1) is 41.4. The minimum Gasteiger partial charge on any atom is -1.00 e. The maximum Gasteiger partial charge on any atom is 0.762 e. The summed E-state index contributed by atoms with van der Waals surface area (Å²) in [6.45, 7) is 5.69. The highest BCUT2D eigenvalue weighted by molar-refractivity contribution is 8.07. The molecule has 4 heterocycles. The molecule has 2 aliphatic heterocycles. The van der Waals surface area contributed by atoms with E-state index in [4.69, 9.17) is 37.4 Å². The van der Waals surface area contributed by atoms with Crippen molar-refractivity contribution in [1.29, 1.82) is 0 Å². The van der Waals surface area contributed by atoms with Gasteiger partial charge in [0.2, 0.25) is 4.90 Å². The number of aromatic nitrogens is 2. The molecule has 12 rings (SSSR count). The fourth-order valence-electron chi connectivity index (χ4n) is 9.74. The van der Waals surface area contributed by atoms with Gasteiger partial charge in [0.25, 0.3) is 11.8 Å². The molecule has 2 aromatic heterocycles. The van der Waals surface area contributed by atoms with Crippen molar-refractivity contribution in [3.63, 3.8) is 0 Å². The second-order valence-electron chi connectivity index (χ2n) is 18.8. The summed E-state index contributed by atoms with van der Waals surface area (Å²) in [5, 5.41) is 2.80. The molecule has 0 radical (unpaired) electrons. The van der Waals surface area contributed by atoms with Crippen LogP contribution in [0.5, 0.6) is 5.75 Å². The number of carbonyl (C=O) groups excluding carboxylic acids is 4. The fourth-order valence-corrected chi connectivity index (χ4v) is 16.6. The average molecular weight is 1330 g/mol. The van der Waals surface area contributed by atoms with Crippen molar-refractivity contribution in [1.82, 2.24) is 9.13 Å². The van der Waals surface area contributed by atoms with Crippen LogP contribution in [0.15, 0.2) is 220 Å². The van der Waals surface area contributed by atoms with E-state index in [1.165, 1.54) is 33.8 Å². The number of esters is 2. The molecule has 0 fully saturated rings. The first-order valence-electron chi connectivity index (χ1n) is 26.0. The zero-order valence-corrected chi connectivity index (χ0v) is 53.5. The van der Waals surface area contributed by atoms with E-state index in [-0.39, 0.29) is 41.3 Å². The predicted octanol–water partition coefficient (Wildman–Crippen LogP) is 13.1. The first-order valence-corrected chi connectivity index (χ1v) is 32.1. The molecule has 10 nitrogen and oxygen atoms in total. The Morgan fingerprint density at radius 2 is 0.931 bits per heavy atom. The number of rotatable bonds is 8. The summed E-state index contributed by atoms with van der Waals surface area (Å²) in [5.74, 6) is -0.357. The van der Waals surface area contributed by atoms with Gasteiger partial charge in [-0.1, -0.05) is 107 Å². The number of hydrogen-bond acceptors (Lipinski definition) is 12. The van der Waals surface area contributed by atoms with Crippen molar-refractivity contribution >= 4 is 144 Å². The minimum atomic E-state index is -3.67. The third-order valence-corrected chi connectivity index (χ3v) is 20.9. The van der Waals surface area contributed by atoms with Crippen LogP contribution in [0.25, 0.3) is 21.8 Å². The number of ether oxygens (including phenoxy) is 3. The highest BCUT2D eigenvalue weighted by atomic mass is 35.5. The largest absolute Gasteiger partial charge is 1.00 e. The van der Waals surface area contributed by atoms with Crippen LogP contribution in [0.1, 0.15) is 48.8 Å². The van der Waals surface area contributed by atoms with Crippen molar-refractivity contribution in [2.24, 2.45) is 0 Å². The molecule has 0 N–H and O–H groups in total. The van der Waals surface area contributed by atoms with E-state index in [9.17, 15) is 36.3 Å². The molecule has 0 amide bonds. The number of fused-ring (bicyclic) bond motifs is 6. The summed E-state index contributed by atoms with van der Waals surface area (Å²) in [5.41, 5.74) is 6.57. The van der Waals surface area contributed by atoms with E-state index >= 15 is 0 Å². The molecular formula is C64H51BCl2F4N2O8S6. The van der Waals surface area contributed by atoms with Gasteiger partial charge in [-0.2, -0.15) is 0 Å². The molecule has 0 unspecified atom stereocenters. The van der Waals surface area contributed by atoms with Crippen LogP contribution in [0.4, 0.5) is 12.9 Å². The smallest absolute Gasteiger partial charge is 0.762 e. The van der Waals surface area contributed by atoms with Gasteiger partial charge in [-0.3, -0.25) is 41.3 Å². The molecule has 0 spiro atoms. The van der Waals surface area contributed by atoms with Gasteiger partial charge in [0.05, 0.1) is 75.6 Å². The van der Waals surface area contributed by atoms with Gasteiger partial charge >= 0.3 is 19.5 Å². The average Bonchev–Trinajstić information content (AvgIpc) is 1.75. The molecule has 0 atom stereocenters. The van der Waals surface area contributed by atoms with Gasteiger partial charge in [-0.15, -0.1) is 0 Å². The van der Waals surface area contributed by atoms with Crippen LogP contribution in [0.2, 0.25) is 10.0 Å². The monoisotopic (exact) mass is 1320 g/mol. The van der Waals surface area contributed by atoms with E-state index < -0.39 is 29.2 Å². The predicted molar refractivity (Wildman–Crippen MR) is 343 cm³/mol. The molecule has 87 heavy (non-hydrogen) atoms. The van der Waals surface area contributed by atoms with Gasteiger partial charge in [0, 0.05) is 81.6 Å². The maximum absolute atomic E-state index is 14.0. The molecule has 8 aromatic carbocycles. The fraction of sp³-hybridized carbons (Fsp3) is 0.125. The van der Waals surface area contributed by atoms with Gasteiger partial charge in [0.15, 0.2) is 15.5 Å². The summed E-state index contributed by atoms with van der Waals surface area (Å²) >= 11 is 22.8. The van der Waals surface area contributed by atoms with E-state index in [2.05, 4.69) is 77.0 Å². The van der Waals surface area contributed by atoms with Crippen LogP contribution in [-0.4, -0.2) is 66.0 Å². The molecule has 23 heteroatoms. The Labute approximate surface area is 534 Å². The number of carbonyl (C=O) groups is 4. The lowest BCUT2D eigenvalue weighted by Crippen LogP contribution is -3.00. The second-order valence-corrected chi connectivity index (χ2v) is 25.2. The van der Waals surface area contributed by atoms with Crippen molar-refractivity contribution in [3.8, 4) is 5.75 Å². The number of benzene rings is 8. The first kappa shape index (κ1) is 67.4. The lowest BCUT2D eigenvalue weighted by molar-refractivity contribution is -0.140.